The molecule has 2 aromatic rings. The van der Waals surface area contributed by atoms with E-state index in [2.05, 4.69) is 0 Å². The Kier molecular flexibility index (Phi) is 3.32. The lowest BCUT2D eigenvalue weighted by Gasteiger charge is -2.00. The summed E-state index contributed by atoms with van der Waals surface area (Å²) in [5.74, 6) is 0. The van der Waals surface area contributed by atoms with E-state index in [0.29, 0.717) is 17.1 Å². The minimum absolute atomic E-state index is 0.619. The molecule has 16 heavy (non-hydrogen) atoms. The average molecular weight is 254 g/mol. The molecule has 0 N–H and O–H groups in total. The van der Waals surface area contributed by atoms with Crippen LogP contribution in [-0.4, -0.2) is 10.9 Å². The highest BCUT2D eigenvalue weighted by Gasteiger charge is 2.07. The lowest BCUT2D eigenvalue weighted by atomic mass is 10.2. The Balaban J connectivity index is 2.63. The zero-order chi connectivity index (χ0) is 11.5. The molecule has 1 heterocycles. The summed E-state index contributed by atoms with van der Waals surface area (Å²) in [7, 11) is 0. The molecule has 0 unspecified atom stereocenters. The summed E-state index contributed by atoms with van der Waals surface area (Å²) in [5, 5.41) is 1.56. The molecule has 4 heteroatoms. The molecule has 0 amide bonds. The van der Waals surface area contributed by atoms with E-state index < -0.39 is 0 Å². The van der Waals surface area contributed by atoms with Gasteiger partial charge in [-0.1, -0.05) is 35.3 Å². The van der Waals surface area contributed by atoms with Gasteiger partial charge in [-0.15, -0.1) is 0 Å². The zero-order valence-corrected chi connectivity index (χ0v) is 9.87. The van der Waals surface area contributed by atoms with Crippen LogP contribution in [0.15, 0.2) is 36.0 Å². The summed E-state index contributed by atoms with van der Waals surface area (Å²) >= 11 is 11.4. The Labute approximate surface area is 103 Å². The fraction of sp³-hybridized carbons (Fsp3) is 0.0833. The van der Waals surface area contributed by atoms with Crippen molar-refractivity contribution in [3.63, 3.8) is 0 Å². The van der Waals surface area contributed by atoms with Gasteiger partial charge in [0.15, 0.2) is 6.29 Å². The number of hydrogen-bond donors (Lipinski definition) is 0. The summed E-state index contributed by atoms with van der Waals surface area (Å²) in [5.41, 5.74) is 3.05. The minimum atomic E-state index is 0.619. The fourth-order valence-electron chi connectivity index (χ4n) is 1.69. The number of carbonyl (C=O) groups excluding carboxylic acids is 1. The van der Waals surface area contributed by atoms with Crippen LogP contribution in [0.2, 0.25) is 5.02 Å². The van der Waals surface area contributed by atoms with Gasteiger partial charge >= 0.3 is 0 Å². The van der Waals surface area contributed by atoms with E-state index >= 15 is 0 Å². The second-order valence-electron chi connectivity index (χ2n) is 3.38. The topological polar surface area (TPSA) is 22.0 Å². The molecular weight excluding hydrogens is 245 g/mol. The first-order valence-corrected chi connectivity index (χ1v) is 5.56. The average Bonchev–Trinajstić information content (AvgIpc) is 2.64. The zero-order valence-electron chi connectivity index (χ0n) is 8.36. The van der Waals surface area contributed by atoms with Gasteiger partial charge in [-0.2, -0.15) is 0 Å². The van der Waals surface area contributed by atoms with Crippen molar-refractivity contribution in [3.05, 3.63) is 46.6 Å². The number of benzene rings is 1. The van der Waals surface area contributed by atoms with Crippen LogP contribution in [0.25, 0.3) is 10.9 Å². The number of allylic oxidation sites excluding steroid dienone is 1. The highest BCUT2D eigenvalue weighted by Crippen LogP contribution is 2.23. The third kappa shape index (κ3) is 1.99. The van der Waals surface area contributed by atoms with E-state index in [1.54, 1.807) is 18.3 Å². The number of hydrogen-bond acceptors (Lipinski definition) is 1. The molecule has 2 nitrogen and oxygen atoms in total. The maximum absolute atomic E-state index is 10.9. The van der Waals surface area contributed by atoms with Crippen LogP contribution >= 0.6 is 23.2 Å². The van der Waals surface area contributed by atoms with Gasteiger partial charge in [0, 0.05) is 34.2 Å². The van der Waals surface area contributed by atoms with Crippen LogP contribution in [0.3, 0.4) is 0 Å². The van der Waals surface area contributed by atoms with Crippen molar-refractivity contribution in [1.82, 2.24) is 4.57 Å². The maximum atomic E-state index is 10.9. The van der Waals surface area contributed by atoms with Crippen LogP contribution < -0.4 is 0 Å². The van der Waals surface area contributed by atoms with Crippen LogP contribution in [0, 0.1) is 0 Å². The standard InChI is InChI=1S/C12H9Cl2NO/c13-4-1-5-15-7-9(8-16)11-3-2-10(14)6-12(11)15/h1-4,6-8H,5H2/b4-1+. The number of carbonyl (C=O) groups is 1. The number of halogens is 2. The first kappa shape index (κ1) is 11.2. The molecule has 1 aromatic heterocycles. The van der Waals surface area contributed by atoms with Crippen molar-refractivity contribution in [2.45, 2.75) is 6.54 Å². The second kappa shape index (κ2) is 4.73. The SMILES string of the molecule is O=Cc1cn(C/C=C/Cl)c2cc(Cl)ccc12. The van der Waals surface area contributed by atoms with Gasteiger partial charge in [0.25, 0.3) is 0 Å². The van der Waals surface area contributed by atoms with Gasteiger partial charge < -0.3 is 4.57 Å². The van der Waals surface area contributed by atoms with Crippen LogP contribution in [-0.2, 0) is 6.54 Å². The van der Waals surface area contributed by atoms with Gasteiger partial charge in [0.05, 0.1) is 5.52 Å². The highest BCUT2D eigenvalue weighted by molar-refractivity contribution is 6.31. The van der Waals surface area contributed by atoms with Gasteiger partial charge in [-0.05, 0) is 12.1 Å². The molecule has 0 aliphatic heterocycles. The van der Waals surface area contributed by atoms with E-state index in [1.165, 1.54) is 5.54 Å². The van der Waals surface area contributed by atoms with Gasteiger partial charge in [-0.25, -0.2) is 0 Å². The van der Waals surface area contributed by atoms with Crippen molar-refractivity contribution >= 4 is 40.4 Å². The first-order valence-electron chi connectivity index (χ1n) is 4.75. The molecule has 0 fully saturated rings. The molecular formula is C12H9Cl2NO. The summed E-state index contributed by atoms with van der Waals surface area (Å²) in [6.07, 6.45) is 4.44. The largest absolute Gasteiger partial charge is 0.343 e. The molecule has 0 aliphatic rings. The van der Waals surface area contributed by atoms with Crippen LogP contribution in [0.5, 0.6) is 0 Å². The molecule has 0 spiro atoms. The number of aromatic nitrogens is 1. The Morgan fingerprint density at radius 3 is 2.88 bits per heavy atom. The first-order chi connectivity index (χ1) is 7.76. The van der Waals surface area contributed by atoms with Crippen molar-refractivity contribution in [1.29, 1.82) is 0 Å². The molecule has 0 bridgehead atoms. The van der Waals surface area contributed by atoms with E-state index in [-0.39, 0.29) is 0 Å². The van der Waals surface area contributed by atoms with Crippen molar-refractivity contribution in [2.75, 3.05) is 0 Å². The lowest BCUT2D eigenvalue weighted by molar-refractivity contribution is 0.112. The van der Waals surface area contributed by atoms with E-state index in [9.17, 15) is 4.79 Å². The summed E-state index contributed by atoms with van der Waals surface area (Å²) in [4.78, 5) is 10.9. The summed E-state index contributed by atoms with van der Waals surface area (Å²) < 4.78 is 1.93. The quantitative estimate of drug-likeness (QED) is 0.762. The lowest BCUT2D eigenvalue weighted by Crippen LogP contribution is -1.91. The molecule has 0 atom stereocenters. The maximum Gasteiger partial charge on any atom is 0.152 e. The Morgan fingerprint density at radius 2 is 2.19 bits per heavy atom. The van der Waals surface area contributed by atoms with Gasteiger partial charge in [0.2, 0.25) is 0 Å². The molecule has 0 saturated heterocycles. The molecule has 0 radical (unpaired) electrons. The summed E-state index contributed by atoms with van der Waals surface area (Å²) in [6, 6.07) is 5.47. The van der Waals surface area contributed by atoms with Crippen LogP contribution in [0.1, 0.15) is 10.4 Å². The predicted molar refractivity (Wildman–Crippen MR) is 67.3 cm³/mol. The highest BCUT2D eigenvalue weighted by atomic mass is 35.5. The second-order valence-corrected chi connectivity index (χ2v) is 4.07. The van der Waals surface area contributed by atoms with Crippen LogP contribution in [0.4, 0.5) is 0 Å². The smallest absolute Gasteiger partial charge is 0.152 e. The van der Waals surface area contributed by atoms with E-state index in [1.807, 2.05) is 16.7 Å². The van der Waals surface area contributed by atoms with E-state index in [0.717, 1.165) is 17.2 Å². The predicted octanol–water partition coefficient (Wildman–Crippen LogP) is 3.86. The minimum Gasteiger partial charge on any atom is -0.343 e. The monoisotopic (exact) mass is 253 g/mol. The number of rotatable bonds is 3. The Morgan fingerprint density at radius 1 is 1.38 bits per heavy atom. The fourth-order valence-corrected chi connectivity index (χ4v) is 1.94. The molecule has 1 aromatic carbocycles. The van der Waals surface area contributed by atoms with Gasteiger partial charge in [-0.3, -0.25) is 4.79 Å². The third-order valence-electron chi connectivity index (χ3n) is 2.39. The number of nitrogens with zero attached hydrogens (tertiary/aromatic N) is 1. The third-order valence-corrected chi connectivity index (χ3v) is 2.81. The molecule has 0 saturated carbocycles. The van der Waals surface area contributed by atoms with Crippen molar-refractivity contribution in [3.8, 4) is 0 Å². The molecule has 0 aliphatic carbocycles. The van der Waals surface area contributed by atoms with Crippen molar-refractivity contribution < 1.29 is 4.79 Å². The molecule has 2 rings (SSSR count). The van der Waals surface area contributed by atoms with E-state index in [4.69, 9.17) is 23.2 Å². The Hall–Kier alpha value is -1.25. The van der Waals surface area contributed by atoms with Crippen molar-refractivity contribution in [2.24, 2.45) is 0 Å². The summed E-state index contributed by atoms with van der Waals surface area (Å²) in [6.45, 7) is 0.619. The van der Waals surface area contributed by atoms with Gasteiger partial charge in [0.1, 0.15) is 0 Å². The molecule has 82 valence electrons. The number of aldehydes is 1. The number of fused-ring (bicyclic) bond motifs is 1. The normalized spacial score (nSPS) is 11.4. The Bertz CT molecular complexity index is 557.